The van der Waals surface area contributed by atoms with E-state index in [2.05, 4.69) is 0 Å². The Labute approximate surface area is 102 Å². The third-order valence-corrected chi connectivity index (χ3v) is 2.65. The van der Waals surface area contributed by atoms with Crippen molar-refractivity contribution in [1.29, 1.82) is 0 Å². The van der Waals surface area contributed by atoms with Crippen molar-refractivity contribution >= 4 is 0 Å². The van der Waals surface area contributed by atoms with Gasteiger partial charge in [0.05, 0.1) is 19.0 Å². The molecule has 2 rings (SSSR count). The summed E-state index contributed by atoms with van der Waals surface area (Å²) in [6.45, 7) is 4.51. The van der Waals surface area contributed by atoms with Gasteiger partial charge in [0, 0.05) is 0 Å². The summed E-state index contributed by atoms with van der Waals surface area (Å²) in [7, 11) is 0. The second-order valence-corrected chi connectivity index (χ2v) is 4.18. The Morgan fingerprint density at radius 3 is 2.76 bits per heavy atom. The molecule has 17 heavy (non-hydrogen) atoms. The van der Waals surface area contributed by atoms with E-state index in [0.29, 0.717) is 6.61 Å². The molecule has 1 aliphatic heterocycles. The van der Waals surface area contributed by atoms with Crippen molar-refractivity contribution in [2.75, 3.05) is 0 Å². The molecule has 0 unspecified atom stereocenters. The lowest BCUT2D eigenvalue weighted by Gasteiger charge is -2.28. The van der Waals surface area contributed by atoms with Crippen molar-refractivity contribution in [3.8, 4) is 0 Å². The Kier molecular flexibility index (Phi) is 4.18. The van der Waals surface area contributed by atoms with Gasteiger partial charge < -0.3 is 14.2 Å². The van der Waals surface area contributed by atoms with Gasteiger partial charge in [-0.3, -0.25) is 0 Å². The normalized spacial score (nSPS) is 25.3. The average Bonchev–Trinajstić information content (AvgIpc) is 2.37. The van der Waals surface area contributed by atoms with Gasteiger partial charge in [-0.2, -0.15) is 0 Å². The van der Waals surface area contributed by atoms with Crippen LogP contribution in [-0.4, -0.2) is 18.5 Å². The van der Waals surface area contributed by atoms with E-state index in [4.69, 9.17) is 14.2 Å². The summed E-state index contributed by atoms with van der Waals surface area (Å²) in [5.41, 5.74) is 1.15. The maximum Gasteiger partial charge on any atom is 0.225 e. The largest absolute Gasteiger partial charge is 0.470 e. The van der Waals surface area contributed by atoms with Crippen LogP contribution in [0.1, 0.15) is 19.4 Å². The van der Waals surface area contributed by atoms with Gasteiger partial charge >= 0.3 is 0 Å². The van der Waals surface area contributed by atoms with Gasteiger partial charge in [0.2, 0.25) is 6.29 Å². The Morgan fingerprint density at radius 1 is 1.29 bits per heavy atom. The lowest BCUT2D eigenvalue weighted by atomic mass is 10.2. The first-order valence-corrected chi connectivity index (χ1v) is 5.89. The fourth-order valence-corrected chi connectivity index (χ4v) is 1.62. The Bertz CT molecular complexity index is 361. The van der Waals surface area contributed by atoms with Crippen LogP contribution in [0, 0.1) is 0 Å². The maximum absolute atomic E-state index is 5.73. The number of rotatable bonds is 4. The van der Waals surface area contributed by atoms with E-state index in [1.807, 2.05) is 50.3 Å². The summed E-state index contributed by atoms with van der Waals surface area (Å²) >= 11 is 0. The minimum absolute atomic E-state index is 0.0801. The fraction of sp³-hybridized carbons (Fsp3) is 0.429. The molecule has 0 aliphatic carbocycles. The summed E-state index contributed by atoms with van der Waals surface area (Å²) in [6.07, 6.45) is 3.22. The molecule has 0 saturated heterocycles. The molecule has 1 aromatic rings. The van der Waals surface area contributed by atoms with E-state index in [-0.39, 0.29) is 18.5 Å². The van der Waals surface area contributed by atoms with Crippen LogP contribution in [0.2, 0.25) is 0 Å². The minimum atomic E-state index is -0.321. The van der Waals surface area contributed by atoms with Crippen molar-refractivity contribution < 1.29 is 14.2 Å². The predicted molar refractivity (Wildman–Crippen MR) is 65.3 cm³/mol. The van der Waals surface area contributed by atoms with Crippen LogP contribution in [0.15, 0.2) is 42.7 Å². The topological polar surface area (TPSA) is 27.7 Å². The summed E-state index contributed by atoms with van der Waals surface area (Å²) in [6, 6.07) is 10.1. The minimum Gasteiger partial charge on any atom is -0.470 e. The highest BCUT2D eigenvalue weighted by atomic mass is 16.7. The second kappa shape index (κ2) is 5.84. The van der Waals surface area contributed by atoms with Crippen molar-refractivity contribution in [3.05, 3.63) is 48.2 Å². The van der Waals surface area contributed by atoms with E-state index in [9.17, 15) is 0 Å². The molecule has 0 bridgehead atoms. The highest BCUT2D eigenvalue weighted by Gasteiger charge is 2.23. The number of benzene rings is 1. The van der Waals surface area contributed by atoms with E-state index in [0.717, 1.165) is 5.56 Å². The van der Waals surface area contributed by atoms with E-state index >= 15 is 0 Å². The predicted octanol–water partition coefficient (Wildman–Crippen LogP) is 2.87. The first-order valence-electron chi connectivity index (χ1n) is 5.89. The first-order chi connectivity index (χ1) is 8.25. The van der Waals surface area contributed by atoms with E-state index in [1.165, 1.54) is 0 Å². The van der Waals surface area contributed by atoms with Crippen LogP contribution in [0.5, 0.6) is 0 Å². The van der Waals surface area contributed by atoms with Crippen molar-refractivity contribution in [1.82, 2.24) is 0 Å². The SMILES string of the molecule is C[C@H](OCc1ccccc1)[C@@H]1OC=C[C@H](C)O1. The van der Waals surface area contributed by atoms with E-state index in [1.54, 1.807) is 6.26 Å². The Hall–Kier alpha value is -1.32. The van der Waals surface area contributed by atoms with Crippen LogP contribution in [0.3, 0.4) is 0 Å². The molecule has 0 fully saturated rings. The van der Waals surface area contributed by atoms with Crippen LogP contribution < -0.4 is 0 Å². The smallest absolute Gasteiger partial charge is 0.225 e. The molecule has 92 valence electrons. The van der Waals surface area contributed by atoms with E-state index < -0.39 is 0 Å². The first kappa shape index (κ1) is 12.1. The molecule has 1 heterocycles. The fourth-order valence-electron chi connectivity index (χ4n) is 1.62. The Morgan fingerprint density at radius 2 is 2.06 bits per heavy atom. The summed E-state index contributed by atoms with van der Waals surface area (Å²) in [4.78, 5) is 0. The summed E-state index contributed by atoms with van der Waals surface area (Å²) < 4.78 is 16.7. The standard InChI is InChI=1S/C14H18O3/c1-11-8-9-15-14(17-11)12(2)16-10-13-6-4-3-5-7-13/h3-9,11-12,14H,10H2,1-2H3/t11-,12-,14+/m0/s1. The third-order valence-electron chi connectivity index (χ3n) is 2.65. The van der Waals surface area contributed by atoms with Gasteiger partial charge in [-0.05, 0) is 25.5 Å². The number of hydrogen-bond donors (Lipinski definition) is 0. The molecule has 0 saturated carbocycles. The third kappa shape index (κ3) is 3.58. The van der Waals surface area contributed by atoms with Crippen molar-refractivity contribution in [3.63, 3.8) is 0 Å². The molecule has 3 heteroatoms. The molecule has 0 spiro atoms. The van der Waals surface area contributed by atoms with Gasteiger partial charge in [0.15, 0.2) is 0 Å². The van der Waals surface area contributed by atoms with Gasteiger partial charge in [0.25, 0.3) is 0 Å². The lowest BCUT2D eigenvalue weighted by molar-refractivity contribution is -0.201. The monoisotopic (exact) mass is 234 g/mol. The maximum atomic E-state index is 5.73. The average molecular weight is 234 g/mol. The van der Waals surface area contributed by atoms with Crippen molar-refractivity contribution in [2.24, 2.45) is 0 Å². The number of ether oxygens (including phenoxy) is 3. The van der Waals surface area contributed by atoms with Crippen LogP contribution >= 0.6 is 0 Å². The van der Waals surface area contributed by atoms with Crippen LogP contribution in [0.4, 0.5) is 0 Å². The molecule has 3 atom stereocenters. The quantitative estimate of drug-likeness (QED) is 0.801. The number of hydrogen-bond acceptors (Lipinski definition) is 3. The zero-order chi connectivity index (χ0) is 12.1. The van der Waals surface area contributed by atoms with Crippen LogP contribution in [0.25, 0.3) is 0 Å². The summed E-state index contributed by atoms with van der Waals surface area (Å²) in [5, 5.41) is 0. The lowest BCUT2D eigenvalue weighted by Crippen LogP contribution is -2.35. The highest BCUT2D eigenvalue weighted by molar-refractivity contribution is 5.13. The molecule has 0 radical (unpaired) electrons. The van der Waals surface area contributed by atoms with Gasteiger partial charge in [-0.15, -0.1) is 0 Å². The molecule has 1 aliphatic rings. The van der Waals surface area contributed by atoms with Crippen LogP contribution in [-0.2, 0) is 20.8 Å². The highest BCUT2D eigenvalue weighted by Crippen LogP contribution is 2.15. The van der Waals surface area contributed by atoms with Gasteiger partial charge in [-0.25, -0.2) is 0 Å². The molecular formula is C14H18O3. The molecule has 1 aromatic carbocycles. The Balaban J connectivity index is 1.81. The summed E-state index contributed by atoms with van der Waals surface area (Å²) in [5.74, 6) is 0. The zero-order valence-corrected chi connectivity index (χ0v) is 10.2. The molecule has 0 amide bonds. The van der Waals surface area contributed by atoms with Crippen molar-refractivity contribution in [2.45, 2.75) is 39.0 Å². The van der Waals surface area contributed by atoms with Gasteiger partial charge in [0.1, 0.15) is 6.10 Å². The second-order valence-electron chi connectivity index (χ2n) is 4.18. The molecule has 0 aromatic heterocycles. The molecule has 0 N–H and O–H groups in total. The molecule has 3 nitrogen and oxygen atoms in total. The zero-order valence-electron chi connectivity index (χ0n) is 10.2. The van der Waals surface area contributed by atoms with Gasteiger partial charge in [-0.1, -0.05) is 30.3 Å². The molecular weight excluding hydrogens is 216 g/mol.